The van der Waals surface area contributed by atoms with Crippen molar-refractivity contribution in [2.75, 3.05) is 18.0 Å². The van der Waals surface area contributed by atoms with Crippen LogP contribution in [0.2, 0.25) is 5.02 Å². The highest BCUT2D eigenvalue weighted by Gasteiger charge is 2.22. The number of piperidine rings is 1. The van der Waals surface area contributed by atoms with Crippen LogP contribution in [0.3, 0.4) is 0 Å². The van der Waals surface area contributed by atoms with Crippen molar-refractivity contribution in [3.63, 3.8) is 0 Å². The molecule has 3 heterocycles. The number of benzene rings is 1. The third-order valence-corrected chi connectivity index (χ3v) is 6.20. The highest BCUT2D eigenvalue weighted by atomic mass is 35.5. The third-order valence-electron chi connectivity index (χ3n) is 4.85. The van der Waals surface area contributed by atoms with Crippen LogP contribution in [-0.4, -0.2) is 33.6 Å². The number of halogens is 1. The highest BCUT2D eigenvalue weighted by molar-refractivity contribution is 7.20. The zero-order chi connectivity index (χ0) is 19.7. The van der Waals surface area contributed by atoms with Crippen LogP contribution in [0.1, 0.15) is 35.7 Å². The van der Waals surface area contributed by atoms with Crippen molar-refractivity contribution in [2.24, 2.45) is 5.92 Å². The zero-order valence-electron chi connectivity index (χ0n) is 15.4. The lowest BCUT2D eigenvalue weighted by atomic mass is 10.0. The molecule has 1 atom stereocenters. The van der Waals surface area contributed by atoms with Gasteiger partial charge in [-0.2, -0.15) is 4.52 Å². The van der Waals surface area contributed by atoms with E-state index in [1.807, 2.05) is 18.2 Å². The van der Waals surface area contributed by atoms with E-state index in [9.17, 15) is 9.59 Å². The second kappa shape index (κ2) is 7.89. The number of fused-ring (bicyclic) bond motifs is 1. The molecule has 7 nitrogen and oxygen atoms in total. The molecule has 1 saturated heterocycles. The topological polar surface area (TPSA) is 79.6 Å². The van der Waals surface area contributed by atoms with Crippen molar-refractivity contribution in [2.45, 2.75) is 26.3 Å². The maximum atomic E-state index is 12.8. The predicted molar refractivity (Wildman–Crippen MR) is 110 cm³/mol. The number of nitrogens with zero attached hydrogens (tertiary/aromatic N) is 4. The molecule has 0 saturated carbocycles. The van der Waals surface area contributed by atoms with Crippen LogP contribution >= 0.6 is 22.9 Å². The van der Waals surface area contributed by atoms with Gasteiger partial charge in [0.15, 0.2) is 0 Å². The van der Waals surface area contributed by atoms with Gasteiger partial charge >= 0.3 is 0 Å². The van der Waals surface area contributed by atoms with Crippen LogP contribution in [0.4, 0.5) is 5.13 Å². The summed E-state index contributed by atoms with van der Waals surface area (Å²) in [7, 11) is 0. The summed E-state index contributed by atoms with van der Waals surface area (Å²) in [4.78, 5) is 32.2. The number of hydrogen-bond acceptors (Lipinski definition) is 6. The number of anilines is 1. The smallest absolute Gasteiger partial charge is 0.288 e. The Labute approximate surface area is 171 Å². The number of aromatic nitrogens is 3. The molecule has 1 unspecified atom stereocenters. The predicted octanol–water partition coefficient (Wildman–Crippen LogP) is 2.97. The second-order valence-electron chi connectivity index (χ2n) is 7.02. The third kappa shape index (κ3) is 3.74. The van der Waals surface area contributed by atoms with E-state index >= 15 is 0 Å². The van der Waals surface area contributed by atoms with Gasteiger partial charge in [-0.3, -0.25) is 9.59 Å². The van der Waals surface area contributed by atoms with Crippen LogP contribution in [-0.2, 0) is 6.54 Å². The first-order valence-electron chi connectivity index (χ1n) is 9.18. The van der Waals surface area contributed by atoms with Gasteiger partial charge in [-0.05, 0) is 30.4 Å². The van der Waals surface area contributed by atoms with Gasteiger partial charge in [-0.1, -0.05) is 48.1 Å². The highest BCUT2D eigenvalue weighted by Crippen LogP contribution is 2.26. The quantitative estimate of drug-likeness (QED) is 0.705. The molecule has 0 radical (unpaired) electrons. The van der Waals surface area contributed by atoms with Crippen molar-refractivity contribution in [3.8, 4) is 0 Å². The Hall–Kier alpha value is -2.45. The summed E-state index contributed by atoms with van der Waals surface area (Å²) in [5.74, 6) is 0.101. The second-order valence-corrected chi connectivity index (χ2v) is 8.37. The molecule has 1 amide bonds. The van der Waals surface area contributed by atoms with Gasteiger partial charge in [0.25, 0.3) is 11.5 Å². The minimum absolute atomic E-state index is 0.0339. The van der Waals surface area contributed by atoms with E-state index in [4.69, 9.17) is 11.6 Å². The summed E-state index contributed by atoms with van der Waals surface area (Å²) in [5.41, 5.74) is 0.282. The van der Waals surface area contributed by atoms with Gasteiger partial charge in [-0.25, -0.2) is 4.98 Å². The van der Waals surface area contributed by atoms with Crippen molar-refractivity contribution in [1.29, 1.82) is 0 Å². The first-order chi connectivity index (χ1) is 13.5. The average Bonchev–Trinajstić information content (AvgIpc) is 3.13. The standard InChI is InChI=1S/C19H20ClN5O2S/c1-12-5-4-8-24(11-12)19-23-25-17(27)14(10-22-18(25)28-19)16(26)21-9-13-6-2-3-7-15(13)20/h2-3,6-7,10,12H,4-5,8-9,11H2,1H3,(H,21,26). The molecule has 1 aliphatic heterocycles. The lowest BCUT2D eigenvalue weighted by Gasteiger charge is -2.30. The summed E-state index contributed by atoms with van der Waals surface area (Å²) >= 11 is 7.48. The van der Waals surface area contributed by atoms with Crippen LogP contribution in [0.25, 0.3) is 4.96 Å². The van der Waals surface area contributed by atoms with Gasteiger partial charge in [0.2, 0.25) is 10.1 Å². The molecule has 1 N–H and O–H groups in total. The maximum Gasteiger partial charge on any atom is 0.288 e. The van der Waals surface area contributed by atoms with E-state index in [0.29, 0.717) is 15.9 Å². The van der Waals surface area contributed by atoms with Gasteiger partial charge in [0, 0.05) is 30.9 Å². The number of nitrogens with one attached hydrogen (secondary N) is 1. The summed E-state index contributed by atoms with van der Waals surface area (Å²) in [6.07, 6.45) is 3.63. The molecule has 9 heteroatoms. The Balaban J connectivity index is 1.56. The normalized spacial score (nSPS) is 17.1. The Morgan fingerprint density at radius 3 is 3.00 bits per heavy atom. The van der Waals surface area contributed by atoms with Crippen molar-refractivity contribution < 1.29 is 4.79 Å². The van der Waals surface area contributed by atoms with E-state index in [1.54, 1.807) is 6.07 Å². The fraction of sp³-hybridized carbons (Fsp3) is 0.368. The van der Waals surface area contributed by atoms with Crippen molar-refractivity contribution >= 4 is 38.9 Å². The lowest BCUT2D eigenvalue weighted by molar-refractivity contribution is 0.0948. The molecule has 1 aromatic carbocycles. The monoisotopic (exact) mass is 417 g/mol. The van der Waals surface area contributed by atoms with Crippen LogP contribution in [0.5, 0.6) is 0 Å². The van der Waals surface area contributed by atoms with Gasteiger partial charge < -0.3 is 10.2 Å². The van der Waals surface area contributed by atoms with E-state index in [0.717, 1.165) is 30.2 Å². The summed E-state index contributed by atoms with van der Waals surface area (Å²) in [6, 6.07) is 7.24. The van der Waals surface area contributed by atoms with Crippen molar-refractivity contribution in [1.82, 2.24) is 19.9 Å². The number of carbonyl (C=O) groups excluding carboxylic acids is 1. The lowest BCUT2D eigenvalue weighted by Crippen LogP contribution is -2.34. The molecule has 0 bridgehead atoms. The van der Waals surface area contributed by atoms with Gasteiger partial charge in [0.1, 0.15) is 5.56 Å². The molecule has 3 aromatic rings. The molecule has 28 heavy (non-hydrogen) atoms. The van der Waals surface area contributed by atoms with E-state index in [2.05, 4.69) is 27.2 Å². The van der Waals surface area contributed by atoms with E-state index in [1.165, 1.54) is 28.5 Å². The van der Waals surface area contributed by atoms with Gasteiger partial charge in [0.05, 0.1) is 0 Å². The largest absolute Gasteiger partial charge is 0.348 e. The molecule has 0 aliphatic carbocycles. The molecule has 2 aromatic heterocycles. The summed E-state index contributed by atoms with van der Waals surface area (Å²) < 4.78 is 1.23. The van der Waals surface area contributed by atoms with E-state index < -0.39 is 11.5 Å². The Morgan fingerprint density at radius 1 is 1.39 bits per heavy atom. The van der Waals surface area contributed by atoms with Crippen LogP contribution < -0.4 is 15.8 Å². The van der Waals surface area contributed by atoms with Gasteiger partial charge in [-0.15, -0.1) is 5.10 Å². The molecular weight excluding hydrogens is 398 g/mol. The molecule has 1 fully saturated rings. The Bertz CT molecular complexity index is 1080. The minimum Gasteiger partial charge on any atom is -0.348 e. The molecule has 0 spiro atoms. The van der Waals surface area contributed by atoms with Crippen LogP contribution in [0, 0.1) is 5.92 Å². The molecule has 146 valence electrons. The van der Waals surface area contributed by atoms with E-state index in [-0.39, 0.29) is 12.1 Å². The Kier molecular flexibility index (Phi) is 5.32. The maximum absolute atomic E-state index is 12.8. The molecule has 1 aliphatic rings. The zero-order valence-corrected chi connectivity index (χ0v) is 17.0. The van der Waals surface area contributed by atoms with Crippen molar-refractivity contribution in [3.05, 3.63) is 57.0 Å². The van der Waals surface area contributed by atoms with Crippen LogP contribution in [0.15, 0.2) is 35.3 Å². The number of rotatable bonds is 4. The number of hydrogen-bond donors (Lipinski definition) is 1. The summed E-state index contributed by atoms with van der Waals surface area (Å²) in [6.45, 7) is 4.28. The first-order valence-corrected chi connectivity index (χ1v) is 10.4. The number of amides is 1. The minimum atomic E-state index is -0.493. The Morgan fingerprint density at radius 2 is 2.21 bits per heavy atom. The molecule has 4 rings (SSSR count). The number of carbonyl (C=O) groups is 1. The molecular formula is C19H20ClN5O2S. The first kappa shape index (κ1) is 18.9. The fourth-order valence-electron chi connectivity index (χ4n) is 3.34. The average molecular weight is 418 g/mol. The SMILES string of the molecule is CC1CCCN(c2nn3c(=O)c(C(=O)NCc4ccccc4Cl)cnc3s2)C1. The fourth-order valence-corrected chi connectivity index (χ4v) is 4.43. The summed E-state index contributed by atoms with van der Waals surface area (Å²) in [5, 5.41) is 8.49.